The van der Waals surface area contributed by atoms with E-state index in [0.29, 0.717) is 0 Å². The summed E-state index contributed by atoms with van der Waals surface area (Å²) in [5, 5.41) is 0. The Morgan fingerprint density at radius 2 is 0.933 bits per heavy atom. The van der Waals surface area contributed by atoms with Crippen LogP contribution in [0.25, 0.3) is 0 Å². The molecular formula is C20H18F2N2O4S2. The van der Waals surface area contributed by atoms with Gasteiger partial charge in [0.25, 0.3) is 20.0 Å². The summed E-state index contributed by atoms with van der Waals surface area (Å²) in [5.41, 5.74) is 0.891. The lowest BCUT2D eigenvalue weighted by molar-refractivity contribution is 0.596. The van der Waals surface area contributed by atoms with E-state index in [-0.39, 0.29) is 32.3 Å². The second-order valence-corrected chi connectivity index (χ2v) is 9.91. The number of aryl methyl sites for hydroxylation is 2. The molecule has 0 unspecified atom stereocenters. The molecule has 0 amide bonds. The standard InChI is InChI=1S/C20H18F2N2O4S2/c1-13-11-15(21)3-9-19(13)29(25,26)23-17-5-7-18(8-6-17)24-30(27,28)20-10-4-16(22)12-14(20)2/h3-12,23-24H,1-2H3. The Bertz CT molecular complexity index is 1200. The molecular weight excluding hydrogens is 434 g/mol. The van der Waals surface area contributed by atoms with Gasteiger partial charge in [-0.15, -0.1) is 0 Å². The third-order valence-electron chi connectivity index (χ3n) is 4.24. The van der Waals surface area contributed by atoms with Gasteiger partial charge in [0.2, 0.25) is 0 Å². The highest BCUT2D eigenvalue weighted by Gasteiger charge is 2.19. The van der Waals surface area contributed by atoms with Gasteiger partial charge < -0.3 is 0 Å². The van der Waals surface area contributed by atoms with E-state index in [1.54, 1.807) is 0 Å². The van der Waals surface area contributed by atoms with Gasteiger partial charge in [-0.05, 0) is 85.6 Å². The number of anilines is 2. The van der Waals surface area contributed by atoms with Crippen molar-refractivity contribution in [3.8, 4) is 0 Å². The molecule has 0 radical (unpaired) electrons. The maximum absolute atomic E-state index is 13.2. The topological polar surface area (TPSA) is 92.3 Å². The number of hydrogen-bond acceptors (Lipinski definition) is 4. The van der Waals surface area contributed by atoms with Crippen LogP contribution in [0, 0.1) is 25.5 Å². The Labute approximate surface area is 173 Å². The van der Waals surface area contributed by atoms with Crippen LogP contribution in [0.4, 0.5) is 20.2 Å². The van der Waals surface area contributed by atoms with Crippen molar-refractivity contribution in [3.05, 3.63) is 83.4 Å². The summed E-state index contributed by atoms with van der Waals surface area (Å²) in [6.07, 6.45) is 0. The van der Waals surface area contributed by atoms with Gasteiger partial charge >= 0.3 is 0 Å². The summed E-state index contributed by atoms with van der Waals surface area (Å²) in [7, 11) is -7.90. The van der Waals surface area contributed by atoms with Crippen LogP contribution in [-0.2, 0) is 20.0 Å². The molecule has 0 heterocycles. The van der Waals surface area contributed by atoms with Gasteiger partial charge in [-0.3, -0.25) is 9.44 Å². The van der Waals surface area contributed by atoms with Gasteiger partial charge in [0.05, 0.1) is 9.79 Å². The fourth-order valence-electron chi connectivity index (χ4n) is 2.86. The Balaban J connectivity index is 1.79. The minimum atomic E-state index is -3.95. The van der Waals surface area contributed by atoms with Crippen molar-refractivity contribution in [1.82, 2.24) is 0 Å². The van der Waals surface area contributed by atoms with E-state index in [1.165, 1.54) is 50.2 Å². The lowest BCUT2D eigenvalue weighted by Crippen LogP contribution is -2.15. The highest BCUT2D eigenvalue weighted by atomic mass is 32.2. The molecule has 158 valence electrons. The molecule has 30 heavy (non-hydrogen) atoms. The highest BCUT2D eigenvalue weighted by molar-refractivity contribution is 7.93. The fourth-order valence-corrected chi connectivity index (χ4v) is 5.43. The first-order valence-electron chi connectivity index (χ1n) is 8.66. The SMILES string of the molecule is Cc1cc(F)ccc1S(=O)(=O)Nc1ccc(NS(=O)(=O)c2ccc(F)cc2C)cc1. The van der Waals surface area contributed by atoms with E-state index in [9.17, 15) is 25.6 Å². The third-order valence-corrected chi connectivity index (χ3v) is 7.33. The molecule has 0 fully saturated rings. The van der Waals surface area contributed by atoms with Gasteiger partial charge in [0.1, 0.15) is 11.6 Å². The number of halogens is 2. The van der Waals surface area contributed by atoms with Crippen molar-refractivity contribution in [2.75, 3.05) is 9.44 Å². The van der Waals surface area contributed by atoms with Crippen molar-refractivity contribution >= 4 is 31.4 Å². The van der Waals surface area contributed by atoms with Gasteiger partial charge in [-0.25, -0.2) is 25.6 Å². The molecule has 0 aromatic heterocycles. The molecule has 0 aliphatic carbocycles. The highest BCUT2D eigenvalue weighted by Crippen LogP contribution is 2.24. The first-order chi connectivity index (χ1) is 14.0. The van der Waals surface area contributed by atoms with E-state index in [4.69, 9.17) is 0 Å². The summed E-state index contributed by atoms with van der Waals surface area (Å²) in [4.78, 5) is -0.138. The summed E-state index contributed by atoms with van der Waals surface area (Å²) >= 11 is 0. The Morgan fingerprint density at radius 3 is 1.23 bits per heavy atom. The van der Waals surface area contributed by atoms with Crippen molar-refractivity contribution in [2.45, 2.75) is 23.6 Å². The quantitative estimate of drug-likeness (QED) is 0.587. The number of benzene rings is 3. The lowest BCUT2D eigenvalue weighted by Gasteiger charge is -2.13. The van der Waals surface area contributed by atoms with Crippen LogP contribution in [0.2, 0.25) is 0 Å². The maximum atomic E-state index is 13.2. The molecule has 0 atom stereocenters. The van der Waals surface area contributed by atoms with Crippen LogP contribution < -0.4 is 9.44 Å². The maximum Gasteiger partial charge on any atom is 0.262 e. The van der Waals surface area contributed by atoms with Crippen LogP contribution in [0.15, 0.2) is 70.5 Å². The third kappa shape index (κ3) is 4.77. The Morgan fingerprint density at radius 1 is 0.600 bits per heavy atom. The predicted molar refractivity (Wildman–Crippen MR) is 110 cm³/mol. The smallest absolute Gasteiger partial charge is 0.262 e. The summed E-state index contributed by atoms with van der Waals surface area (Å²) in [5.74, 6) is -1.08. The molecule has 3 rings (SSSR count). The van der Waals surface area contributed by atoms with Crippen molar-refractivity contribution in [3.63, 3.8) is 0 Å². The minimum absolute atomic E-state index is 0.0690. The molecule has 0 bridgehead atoms. The second-order valence-electron chi connectivity index (χ2n) is 6.61. The monoisotopic (exact) mass is 452 g/mol. The molecule has 0 aliphatic rings. The van der Waals surface area contributed by atoms with Gasteiger partial charge in [0.15, 0.2) is 0 Å². The summed E-state index contributed by atoms with van der Waals surface area (Å²) in [6.45, 7) is 2.96. The zero-order chi connectivity index (χ0) is 22.1. The van der Waals surface area contributed by atoms with Crippen molar-refractivity contribution in [2.24, 2.45) is 0 Å². The van der Waals surface area contributed by atoms with Gasteiger partial charge in [0, 0.05) is 11.4 Å². The number of rotatable bonds is 6. The molecule has 10 heteroatoms. The van der Waals surface area contributed by atoms with Gasteiger partial charge in [-0.2, -0.15) is 0 Å². The zero-order valence-corrected chi connectivity index (χ0v) is 17.6. The molecule has 0 aliphatic heterocycles. The van der Waals surface area contributed by atoms with E-state index in [1.807, 2.05) is 0 Å². The molecule has 0 spiro atoms. The lowest BCUT2D eigenvalue weighted by atomic mass is 10.2. The molecule has 0 saturated carbocycles. The Kier molecular flexibility index (Phi) is 5.82. The first kappa shape index (κ1) is 21.7. The Hall–Kier alpha value is -2.98. The predicted octanol–water partition coefficient (Wildman–Crippen LogP) is 4.18. The molecule has 3 aromatic rings. The van der Waals surface area contributed by atoms with Crippen LogP contribution >= 0.6 is 0 Å². The number of sulfonamides is 2. The zero-order valence-electron chi connectivity index (χ0n) is 16.0. The number of nitrogens with one attached hydrogen (secondary N) is 2. The average Bonchev–Trinajstić information content (AvgIpc) is 2.62. The van der Waals surface area contributed by atoms with Crippen LogP contribution in [0.1, 0.15) is 11.1 Å². The van der Waals surface area contributed by atoms with E-state index < -0.39 is 31.7 Å². The van der Waals surface area contributed by atoms with E-state index in [0.717, 1.165) is 24.3 Å². The van der Waals surface area contributed by atoms with Crippen LogP contribution in [0.5, 0.6) is 0 Å². The minimum Gasteiger partial charge on any atom is -0.280 e. The molecule has 2 N–H and O–H groups in total. The van der Waals surface area contributed by atoms with Crippen LogP contribution in [-0.4, -0.2) is 16.8 Å². The second kappa shape index (κ2) is 8.04. The molecule has 3 aromatic carbocycles. The fraction of sp³-hybridized carbons (Fsp3) is 0.100. The normalized spacial score (nSPS) is 11.9. The largest absolute Gasteiger partial charge is 0.280 e. The number of hydrogen-bond donors (Lipinski definition) is 2. The average molecular weight is 453 g/mol. The molecule has 6 nitrogen and oxygen atoms in total. The van der Waals surface area contributed by atoms with Gasteiger partial charge in [-0.1, -0.05) is 0 Å². The summed E-state index contributed by atoms with van der Waals surface area (Å²) < 4.78 is 81.3. The van der Waals surface area contributed by atoms with Crippen LogP contribution in [0.3, 0.4) is 0 Å². The molecule has 0 saturated heterocycles. The van der Waals surface area contributed by atoms with Crippen molar-refractivity contribution < 1.29 is 25.6 Å². The van der Waals surface area contributed by atoms with Crippen molar-refractivity contribution in [1.29, 1.82) is 0 Å². The first-order valence-corrected chi connectivity index (χ1v) is 11.6. The summed E-state index contributed by atoms with van der Waals surface area (Å²) in [6, 6.07) is 12.2. The van der Waals surface area contributed by atoms with E-state index >= 15 is 0 Å². The van der Waals surface area contributed by atoms with E-state index in [2.05, 4.69) is 9.44 Å².